The molecule has 0 radical (unpaired) electrons. The van der Waals surface area contributed by atoms with Crippen molar-refractivity contribution >= 4 is 18.2 Å². The van der Waals surface area contributed by atoms with Gasteiger partial charge >= 0.3 is 6.18 Å². The lowest BCUT2D eigenvalue weighted by atomic mass is 10.0. The molecular weight excluding hydrogens is 452 g/mol. The van der Waals surface area contributed by atoms with Crippen LogP contribution in [0, 0.1) is 5.82 Å². The van der Waals surface area contributed by atoms with Crippen molar-refractivity contribution in [1.82, 2.24) is 20.1 Å². The minimum Gasteiger partial charge on any atom is -0.371 e. The molecule has 6 nitrogen and oxygen atoms in total. The zero-order chi connectivity index (χ0) is 22.0. The maximum absolute atomic E-state index is 14.5. The number of ether oxygens (including phenoxy) is 1. The van der Waals surface area contributed by atoms with E-state index in [9.17, 15) is 22.4 Å². The molecule has 1 fully saturated rings. The number of halogens is 5. The summed E-state index contributed by atoms with van der Waals surface area (Å²) in [7, 11) is 0. The van der Waals surface area contributed by atoms with Crippen LogP contribution in [0.15, 0.2) is 48.9 Å². The van der Waals surface area contributed by atoms with Crippen molar-refractivity contribution in [1.29, 1.82) is 0 Å². The van der Waals surface area contributed by atoms with E-state index >= 15 is 0 Å². The fraction of sp³-hybridized carbons (Fsp3) is 0.286. The van der Waals surface area contributed by atoms with Crippen molar-refractivity contribution in [2.24, 2.45) is 0 Å². The summed E-state index contributed by atoms with van der Waals surface area (Å²) in [6.07, 6.45) is -1.20. The highest BCUT2D eigenvalue weighted by Gasteiger charge is 2.32. The summed E-state index contributed by atoms with van der Waals surface area (Å²) >= 11 is 0. The molecule has 3 heterocycles. The standard InChI is InChI=1S/C21H18F4N4O2.ClH/c22-17-7-13(1-3-16(17)19-11-26-5-6-31-19)8-18(30)14-9-28-29(12-14)15-2-4-20(27-10-15)21(23,24)25;/h1-4,7,9-10,12,19,26H,5-6,8,11H2;1H/t19-;/m1./s1. The van der Waals surface area contributed by atoms with Crippen molar-refractivity contribution in [2.45, 2.75) is 18.7 Å². The third-order valence-corrected chi connectivity index (χ3v) is 4.91. The van der Waals surface area contributed by atoms with Gasteiger partial charge in [0, 0.05) is 31.3 Å². The number of nitrogens with zero attached hydrogens (tertiary/aromatic N) is 3. The predicted octanol–water partition coefficient (Wildman–Crippen LogP) is 3.93. The third-order valence-electron chi connectivity index (χ3n) is 4.91. The van der Waals surface area contributed by atoms with Gasteiger partial charge in [-0.1, -0.05) is 12.1 Å². The topological polar surface area (TPSA) is 69.0 Å². The summed E-state index contributed by atoms with van der Waals surface area (Å²) < 4.78 is 59.2. The molecule has 0 unspecified atom stereocenters. The van der Waals surface area contributed by atoms with E-state index in [0.29, 0.717) is 24.3 Å². The van der Waals surface area contributed by atoms with Crippen LogP contribution in [-0.2, 0) is 17.3 Å². The monoisotopic (exact) mass is 470 g/mol. The molecule has 1 aromatic carbocycles. The quantitative estimate of drug-likeness (QED) is 0.452. The number of carbonyl (C=O) groups is 1. The zero-order valence-electron chi connectivity index (χ0n) is 16.6. The second kappa shape index (κ2) is 9.76. The van der Waals surface area contributed by atoms with Crippen LogP contribution < -0.4 is 5.32 Å². The SMILES string of the molecule is Cl.O=C(Cc1ccc([C@H]2CNCCO2)c(F)c1)c1cnn(-c2ccc(C(F)(F)F)nc2)c1. The number of pyridine rings is 1. The number of hydrogen-bond acceptors (Lipinski definition) is 5. The van der Waals surface area contributed by atoms with Gasteiger partial charge in [0.05, 0.1) is 36.4 Å². The number of morpholine rings is 1. The van der Waals surface area contributed by atoms with Gasteiger partial charge in [-0.25, -0.2) is 14.1 Å². The molecule has 1 atom stereocenters. The molecule has 0 aliphatic carbocycles. The van der Waals surface area contributed by atoms with E-state index in [1.807, 2.05) is 0 Å². The molecule has 0 amide bonds. The lowest BCUT2D eigenvalue weighted by Gasteiger charge is -2.24. The predicted molar refractivity (Wildman–Crippen MR) is 110 cm³/mol. The Hall–Kier alpha value is -2.82. The van der Waals surface area contributed by atoms with Crippen LogP contribution in [0.5, 0.6) is 0 Å². The van der Waals surface area contributed by atoms with Gasteiger partial charge in [-0.2, -0.15) is 18.3 Å². The summed E-state index contributed by atoms with van der Waals surface area (Å²) in [4.78, 5) is 15.9. The van der Waals surface area contributed by atoms with E-state index in [1.165, 1.54) is 29.2 Å². The van der Waals surface area contributed by atoms with Gasteiger partial charge in [-0.15, -0.1) is 12.4 Å². The normalized spacial score (nSPS) is 16.4. The molecule has 0 bridgehead atoms. The van der Waals surface area contributed by atoms with Gasteiger partial charge < -0.3 is 10.1 Å². The number of alkyl halides is 3. The molecule has 2 aromatic heterocycles. The number of nitrogens with one attached hydrogen (secondary N) is 1. The van der Waals surface area contributed by atoms with E-state index in [0.717, 1.165) is 18.8 Å². The number of hydrogen-bond donors (Lipinski definition) is 1. The fourth-order valence-electron chi connectivity index (χ4n) is 3.29. The third kappa shape index (κ3) is 5.32. The Morgan fingerprint density at radius 3 is 2.66 bits per heavy atom. The Labute approximate surface area is 187 Å². The van der Waals surface area contributed by atoms with Gasteiger partial charge in [-0.3, -0.25) is 4.79 Å². The number of aromatic nitrogens is 3. The van der Waals surface area contributed by atoms with Crippen molar-refractivity contribution < 1.29 is 27.1 Å². The van der Waals surface area contributed by atoms with E-state index in [4.69, 9.17) is 4.74 Å². The van der Waals surface area contributed by atoms with Crippen molar-refractivity contribution in [2.75, 3.05) is 19.7 Å². The Bertz CT molecular complexity index is 1080. The van der Waals surface area contributed by atoms with Crippen molar-refractivity contribution in [3.05, 3.63) is 77.1 Å². The fourth-order valence-corrected chi connectivity index (χ4v) is 3.29. The van der Waals surface area contributed by atoms with Crippen LogP contribution in [0.25, 0.3) is 5.69 Å². The first-order valence-electron chi connectivity index (χ1n) is 9.53. The first kappa shape index (κ1) is 23.8. The maximum atomic E-state index is 14.5. The summed E-state index contributed by atoms with van der Waals surface area (Å²) in [6, 6.07) is 6.67. The number of carbonyl (C=O) groups excluding carboxylic acids is 1. The second-order valence-electron chi connectivity index (χ2n) is 7.09. The molecule has 0 spiro atoms. The smallest absolute Gasteiger partial charge is 0.371 e. The Balaban J connectivity index is 0.00000289. The summed E-state index contributed by atoms with van der Waals surface area (Å²) in [5.74, 6) is -0.737. The molecule has 32 heavy (non-hydrogen) atoms. The molecule has 1 saturated heterocycles. The summed E-state index contributed by atoms with van der Waals surface area (Å²) in [6.45, 7) is 1.75. The maximum Gasteiger partial charge on any atom is 0.433 e. The molecule has 170 valence electrons. The van der Waals surface area contributed by atoms with Gasteiger partial charge in [0.15, 0.2) is 5.78 Å². The Kier molecular flexibility index (Phi) is 7.27. The zero-order valence-corrected chi connectivity index (χ0v) is 17.4. The molecule has 1 aliphatic rings. The van der Waals surface area contributed by atoms with Gasteiger partial charge in [0.2, 0.25) is 0 Å². The summed E-state index contributed by atoms with van der Waals surface area (Å²) in [5, 5.41) is 7.15. The van der Waals surface area contributed by atoms with Gasteiger partial charge in [-0.05, 0) is 23.8 Å². The first-order valence-corrected chi connectivity index (χ1v) is 9.53. The van der Waals surface area contributed by atoms with Crippen LogP contribution in [0.2, 0.25) is 0 Å². The molecule has 1 aliphatic heterocycles. The van der Waals surface area contributed by atoms with Crippen LogP contribution >= 0.6 is 12.4 Å². The molecule has 11 heteroatoms. The molecule has 0 saturated carbocycles. The average Bonchev–Trinajstić information content (AvgIpc) is 3.24. The van der Waals surface area contributed by atoms with Gasteiger partial charge in [0.1, 0.15) is 11.5 Å². The lowest BCUT2D eigenvalue weighted by molar-refractivity contribution is -0.141. The molecule has 3 aromatic rings. The molecular formula is C21H19ClF4N4O2. The lowest BCUT2D eigenvalue weighted by Crippen LogP contribution is -2.33. The summed E-state index contributed by atoms with van der Waals surface area (Å²) in [5.41, 5.74) is 0.456. The van der Waals surface area contributed by atoms with Crippen molar-refractivity contribution in [3.8, 4) is 5.69 Å². The van der Waals surface area contributed by atoms with E-state index in [2.05, 4.69) is 15.4 Å². The van der Waals surface area contributed by atoms with Crippen LogP contribution in [0.3, 0.4) is 0 Å². The minimum atomic E-state index is -4.53. The number of Topliss-reactive ketones (excluding diaryl/α,β-unsaturated/α-hetero) is 1. The number of ketones is 1. The van der Waals surface area contributed by atoms with E-state index in [-0.39, 0.29) is 42.0 Å². The van der Waals surface area contributed by atoms with Crippen molar-refractivity contribution in [3.63, 3.8) is 0 Å². The molecule has 1 N–H and O–H groups in total. The van der Waals surface area contributed by atoms with Crippen LogP contribution in [0.1, 0.15) is 33.3 Å². The average molecular weight is 471 g/mol. The largest absolute Gasteiger partial charge is 0.433 e. The number of rotatable bonds is 5. The Morgan fingerprint density at radius 2 is 2.03 bits per heavy atom. The highest BCUT2D eigenvalue weighted by atomic mass is 35.5. The first-order chi connectivity index (χ1) is 14.8. The number of benzene rings is 1. The molecule has 4 rings (SSSR count). The second-order valence-corrected chi connectivity index (χ2v) is 7.09. The highest BCUT2D eigenvalue weighted by molar-refractivity contribution is 5.97. The highest BCUT2D eigenvalue weighted by Crippen LogP contribution is 2.27. The van der Waals surface area contributed by atoms with E-state index < -0.39 is 17.7 Å². The van der Waals surface area contributed by atoms with Crippen LogP contribution in [-0.4, -0.2) is 40.2 Å². The Morgan fingerprint density at radius 1 is 1.22 bits per heavy atom. The van der Waals surface area contributed by atoms with Crippen LogP contribution in [0.4, 0.5) is 17.6 Å². The van der Waals surface area contributed by atoms with Gasteiger partial charge in [0.25, 0.3) is 0 Å². The minimum absolute atomic E-state index is 0. The van der Waals surface area contributed by atoms with E-state index in [1.54, 1.807) is 12.1 Å².